The Balaban J connectivity index is 1.80. The molecule has 0 aromatic heterocycles. The van der Waals surface area contributed by atoms with E-state index < -0.39 is 0 Å². The summed E-state index contributed by atoms with van der Waals surface area (Å²) in [5, 5.41) is 5.54. The summed E-state index contributed by atoms with van der Waals surface area (Å²) in [6, 6.07) is 17.5. The highest BCUT2D eigenvalue weighted by atomic mass is 16.2. The molecule has 0 saturated carbocycles. The summed E-state index contributed by atoms with van der Waals surface area (Å²) >= 11 is 0. The lowest BCUT2D eigenvalue weighted by molar-refractivity contribution is 0.241. The molecular weight excluding hydrogens is 286 g/mol. The lowest BCUT2D eigenvalue weighted by Crippen LogP contribution is -2.35. The van der Waals surface area contributed by atoms with Gasteiger partial charge in [-0.3, -0.25) is 0 Å². The maximum Gasteiger partial charge on any atom is 0.315 e. The number of hydrogen-bond donors (Lipinski definition) is 2. The van der Waals surface area contributed by atoms with Crippen LogP contribution in [0.1, 0.15) is 11.1 Å². The molecule has 0 unspecified atom stereocenters. The van der Waals surface area contributed by atoms with Crippen LogP contribution in [-0.2, 0) is 6.54 Å². The summed E-state index contributed by atoms with van der Waals surface area (Å²) in [7, 11) is 3.96. The number of benzene rings is 2. The predicted octanol–water partition coefficient (Wildman–Crippen LogP) is 2.60. The van der Waals surface area contributed by atoms with Crippen molar-refractivity contribution in [1.82, 2.24) is 10.6 Å². The third-order valence-corrected chi connectivity index (χ3v) is 3.24. The molecule has 0 spiro atoms. The molecule has 23 heavy (non-hydrogen) atoms. The summed E-state index contributed by atoms with van der Waals surface area (Å²) in [4.78, 5) is 13.7. The highest BCUT2D eigenvalue weighted by molar-refractivity contribution is 5.74. The number of rotatable bonds is 4. The van der Waals surface area contributed by atoms with Crippen LogP contribution < -0.4 is 15.5 Å². The van der Waals surface area contributed by atoms with Crippen molar-refractivity contribution < 1.29 is 4.79 Å². The van der Waals surface area contributed by atoms with Crippen molar-refractivity contribution in [1.29, 1.82) is 0 Å². The molecule has 4 heteroatoms. The SMILES string of the molecule is CN(C)c1ccccc1C#CCNC(=O)NCc1ccccc1. The summed E-state index contributed by atoms with van der Waals surface area (Å²) < 4.78 is 0. The van der Waals surface area contributed by atoms with Crippen LogP contribution in [0, 0.1) is 11.8 Å². The van der Waals surface area contributed by atoms with E-state index in [4.69, 9.17) is 0 Å². The largest absolute Gasteiger partial charge is 0.377 e. The van der Waals surface area contributed by atoms with Crippen molar-refractivity contribution in [3.05, 3.63) is 65.7 Å². The summed E-state index contributed by atoms with van der Waals surface area (Å²) in [6.45, 7) is 0.811. The molecule has 0 fully saturated rings. The first-order valence-electron chi connectivity index (χ1n) is 7.47. The van der Waals surface area contributed by atoms with Gasteiger partial charge in [-0.15, -0.1) is 0 Å². The fourth-order valence-corrected chi connectivity index (χ4v) is 2.07. The van der Waals surface area contributed by atoms with Gasteiger partial charge < -0.3 is 15.5 Å². The number of urea groups is 1. The molecule has 2 rings (SSSR count). The topological polar surface area (TPSA) is 44.4 Å². The number of para-hydroxylation sites is 1. The molecule has 2 aromatic rings. The van der Waals surface area contributed by atoms with Crippen LogP contribution in [0.2, 0.25) is 0 Å². The third kappa shape index (κ3) is 5.40. The highest BCUT2D eigenvalue weighted by Gasteiger charge is 2.00. The van der Waals surface area contributed by atoms with Crippen molar-refractivity contribution in [3.8, 4) is 11.8 Å². The first-order chi connectivity index (χ1) is 11.2. The van der Waals surface area contributed by atoms with Gasteiger partial charge in [-0.1, -0.05) is 54.3 Å². The molecule has 0 saturated heterocycles. The number of anilines is 1. The second-order valence-electron chi connectivity index (χ2n) is 5.24. The van der Waals surface area contributed by atoms with E-state index in [1.54, 1.807) is 0 Å². The zero-order valence-corrected chi connectivity index (χ0v) is 13.5. The molecule has 0 bridgehead atoms. The Morgan fingerprint density at radius 3 is 2.43 bits per heavy atom. The summed E-state index contributed by atoms with van der Waals surface area (Å²) in [5.41, 5.74) is 3.08. The van der Waals surface area contributed by atoms with Gasteiger partial charge in [0.1, 0.15) is 0 Å². The molecular formula is C19H21N3O. The lowest BCUT2D eigenvalue weighted by Gasteiger charge is -2.13. The molecule has 118 valence electrons. The van der Waals surface area contributed by atoms with E-state index in [-0.39, 0.29) is 6.03 Å². The van der Waals surface area contributed by atoms with Gasteiger partial charge >= 0.3 is 6.03 Å². The van der Waals surface area contributed by atoms with Crippen LogP contribution in [0.3, 0.4) is 0 Å². The van der Waals surface area contributed by atoms with Gasteiger partial charge in [-0.25, -0.2) is 4.79 Å². The second kappa shape index (κ2) is 8.50. The van der Waals surface area contributed by atoms with Crippen LogP contribution in [0.15, 0.2) is 54.6 Å². The van der Waals surface area contributed by atoms with E-state index in [1.165, 1.54) is 0 Å². The van der Waals surface area contributed by atoms with E-state index in [9.17, 15) is 4.79 Å². The molecule has 2 N–H and O–H groups in total. The van der Waals surface area contributed by atoms with Gasteiger partial charge in [-0.2, -0.15) is 0 Å². The van der Waals surface area contributed by atoms with E-state index >= 15 is 0 Å². The summed E-state index contributed by atoms with van der Waals surface area (Å²) in [5.74, 6) is 6.07. The maximum absolute atomic E-state index is 11.7. The third-order valence-electron chi connectivity index (χ3n) is 3.24. The molecule has 2 aromatic carbocycles. The number of nitrogens with zero attached hydrogens (tertiary/aromatic N) is 1. The molecule has 0 aliphatic rings. The van der Waals surface area contributed by atoms with E-state index in [2.05, 4.69) is 22.5 Å². The van der Waals surface area contributed by atoms with Gasteiger partial charge in [0.25, 0.3) is 0 Å². The minimum absolute atomic E-state index is 0.218. The molecule has 4 nitrogen and oxygen atoms in total. The highest BCUT2D eigenvalue weighted by Crippen LogP contribution is 2.16. The van der Waals surface area contributed by atoms with Gasteiger partial charge in [0.2, 0.25) is 0 Å². The van der Waals surface area contributed by atoms with Gasteiger partial charge in [0, 0.05) is 26.2 Å². The quantitative estimate of drug-likeness (QED) is 0.853. The molecule has 0 radical (unpaired) electrons. The van der Waals surface area contributed by atoms with Crippen molar-refractivity contribution >= 4 is 11.7 Å². The number of carbonyl (C=O) groups excluding carboxylic acids is 1. The number of nitrogens with one attached hydrogen (secondary N) is 2. The van der Waals surface area contributed by atoms with E-state index in [1.807, 2.05) is 73.6 Å². The van der Waals surface area contributed by atoms with Gasteiger partial charge in [0.15, 0.2) is 0 Å². The maximum atomic E-state index is 11.7. The molecule has 0 aliphatic carbocycles. The van der Waals surface area contributed by atoms with Crippen LogP contribution in [0.5, 0.6) is 0 Å². The molecule has 0 atom stereocenters. The van der Waals surface area contributed by atoms with Crippen molar-refractivity contribution in [2.75, 3.05) is 25.5 Å². The number of carbonyl (C=O) groups is 1. The first-order valence-corrected chi connectivity index (χ1v) is 7.47. The van der Waals surface area contributed by atoms with Gasteiger partial charge in [0.05, 0.1) is 12.2 Å². The monoisotopic (exact) mass is 307 g/mol. The predicted molar refractivity (Wildman–Crippen MR) is 94.3 cm³/mol. The van der Waals surface area contributed by atoms with Crippen molar-refractivity contribution in [3.63, 3.8) is 0 Å². The Labute approximate surface area is 137 Å². The number of hydrogen-bond acceptors (Lipinski definition) is 2. The zero-order chi connectivity index (χ0) is 16.5. The molecule has 2 amide bonds. The fraction of sp³-hybridized carbons (Fsp3) is 0.211. The van der Waals surface area contributed by atoms with Gasteiger partial charge in [-0.05, 0) is 17.7 Å². The second-order valence-corrected chi connectivity index (χ2v) is 5.24. The average molecular weight is 307 g/mol. The minimum Gasteiger partial charge on any atom is -0.377 e. The Morgan fingerprint density at radius 1 is 1.00 bits per heavy atom. The van der Waals surface area contributed by atoms with E-state index in [0.717, 1.165) is 16.8 Å². The van der Waals surface area contributed by atoms with Crippen LogP contribution in [0.4, 0.5) is 10.5 Å². The summed E-state index contributed by atoms with van der Waals surface area (Å²) in [6.07, 6.45) is 0. The fourth-order valence-electron chi connectivity index (χ4n) is 2.07. The zero-order valence-electron chi connectivity index (χ0n) is 13.5. The Hall–Kier alpha value is -2.93. The normalized spacial score (nSPS) is 9.48. The van der Waals surface area contributed by atoms with E-state index in [0.29, 0.717) is 13.1 Å². The standard InChI is InChI=1S/C19H21N3O/c1-22(2)18-13-7-6-11-17(18)12-8-14-20-19(23)21-15-16-9-4-3-5-10-16/h3-7,9-11,13H,14-15H2,1-2H3,(H2,20,21,23). The van der Waals surface area contributed by atoms with Crippen molar-refractivity contribution in [2.24, 2.45) is 0 Å². The van der Waals surface area contributed by atoms with Crippen molar-refractivity contribution in [2.45, 2.75) is 6.54 Å². The number of amides is 2. The average Bonchev–Trinajstić information content (AvgIpc) is 2.58. The molecule has 0 heterocycles. The minimum atomic E-state index is -0.218. The Bertz CT molecular complexity index is 699. The van der Waals surface area contributed by atoms with Crippen LogP contribution in [-0.4, -0.2) is 26.7 Å². The smallest absolute Gasteiger partial charge is 0.315 e. The Kier molecular flexibility index (Phi) is 6.07. The Morgan fingerprint density at radius 2 is 1.70 bits per heavy atom. The lowest BCUT2D eigenvalue weighted by atomic mass is 10.1. The first kappa shape index (κ1) is 16.4. The van der Waals surface area contributed by atoms with Crippen LogP contribution >= 0.6 is 0 Å². The van der Waals surface area contributed by atoms with Crippen LogP contribution in [0.25, 0.3) is 0 Å². The molecule has 0 aliphatic heterocycles.